The van der Waals surface area contributed by atoms with Crippen LogP contribution in [-0.4, -0.2) is 211 Å². The number of esters is 5. The first kappa shape index (κ1) is 121. The SMILES string of the molecule is C=C1N[C@H]2[C@H](CS[C@H]2CCCCC(=O)NCCS[Se]CC(C)(C)C(=O)Oc2ccc3ccc(=O)oc3c2)N1.CC(=O)NCCS[Se]CC(C)(C)C(=O)Oc1ccc2ccc(=O)oc2c1.CC(=O)NCCS[Se]CC(C)(C)C(=O)Oc1ccc2nc3ccc(=O)cc-3oc2c1.CC(C)(C)OC(=O)NCCS[Se]CC(C)(C)C(=O)Oc1ccc2ccc(=O)oc2c1.CCCS[Se]CC(C)(C)C(=O)Oc1ccc2ccc(=O)oc2c1. The van der Waals surface area contributed by atoms with Gasteiger partial charge in [-0.25, -0.2) is 0 Å². The van der Waals surface area contributed by atoms with E-state index in [1.165, 1.54) is 50.2 Å². The Bertz CT molecular complexity index is 6670. The Balaban J connectivity index is 0.000000206. The zero-order chi connectivity index (χ0) is 107. The number of amides is 4. The van der Waals surface area contributed by atoms with Crippen molar-refractivity contribution in [2.24, 2.45) is 27.1 Å². The third-order valence-electron chi connectivity index (χ3n) is 21.0. The van der Waals surface area contributed by atoms with Crippen molar-refractivity contribution in [3.8, 4) is 40.2 Å². The summed E-state index contributed by atoms with van der Waals surface area (Å²) in [7, 11) is 8.87. The van der Waals surface area contributed by atoms with Crippen LogP contribution in [0.3, 0.4) is 0 Å². The zero-order valence-corrected chi connectivity index (χ0v) is 98.2. The Morgan fingerprint density at radius 2 is 0.755 bits per heavy atom. The Kier molecular flexibility index (Phi) is 48.5. The first-order chi connectivity index (χ1) is 69.6. The third kappa shape index (κ3) is 42.1. The second-order valence-corrected chi connectivity index (χ2v) is 61.4. The molecule has 147 heavy (non-hydrogen) atoms. The van der Waals surface area contributed by atoms with Gasteiger partial charge in [0.05, 0.1) is 5.82 Å². The number of carbonyl (C=O) groups excluding carboxylic acids is 9. The third-order valence-corrected chi connectivity index (χ3v) is 47.7. The first-order valence-electron chi connectivity index (χ1n) is 47.0. The molecule has 32 nitrogen and oxygen atoms in total. The molecule has 13 rings (SSSR count). The molecule has 3 atom stereocenters. The predicted molar refractivity (Wildman–Crippen MR) is 592 cm³/mol. The number of nitrogens with zero attached hydrogens (tertiary/aromatic N) is 1. The van der Waals surface area contributed by atoms with E-state index in [0.29, 0.717) is 159 Å². The molecule has 4 aliphatic rings. The van der Waals surface area contributed by atoms with Crippen LogP contribution in [0.5, 0.6) is 28.7 Å². The van der Waals surface area contributed by atoms with Crippen molar-refractivity contribution in [1.29, 1.82) is 0 Å². The average molecular weight is 2460 g/mol. The molecule has 4 aromatic heterocycles. The molecule has 7 heterocycles. The van der Waals surface area contributed by atoms with Crippen molar-refractivity contribution < 1.29 is 93.7 Å². The Morgan fingerprint density at radius 1 is 0.415 bits per heavy atom. The van der Waals surface area contributed by atoms with Crippen LogP contribution < -0.4 is 83.5 Å². The summed E-state index contributed by atoms with van der Waals surface area (Å²) in [6.45, 7) is 35.7. The monoisotopic (exact) mass is 2460 g/mol. The van der Waals surface area contributed by atoms with E-state index in [1.54, 1.807) is 162 Å². The number of thioether (sulfide) groups is 1. The molecule has 5 aromatic carbocycles. The Labute approximate surface area is 905 Å². The zero-order valence-electron chi connectivity index (χ0n) is 84.7. The van der Waals surface area contributed by atoms with Crippen LogP contribution in [0.4, 0.5) is 4.79 Å². The summed E-state index contributed by atoms with van der Waals surface area (Å²) in [4.78, 5) is 170. The minimum absolute atomic E-state index is 0.0340. The predicted octanol–water partition coefficient (Wildman–Crippen LogP) is 17.4. The molecular formula is C104H125N7O25S6Se5. The van der Waals surface area contributed by atoms with Gasteiger partial charge >= 0.3 is 896 Å². The van der Waals surface area contributed by atoms with Crippen molar-refractivity contribution in [3.05, 3.63) is 222 Å². The fourth-order valence-corrected chi connectivity index (χ4v) is 37.6. The topological polar surface area (TPSA) is 445 Å². The Morgan fingerprint density at radius 3 is 1.12 bits per heavy atom. The number of hydrogen-bond donors (Lipinski definition) is 6. The van der Waals surface area contributed by atoms with E-state index < -0.39 is 61.3 Å². The number of nitrogens with one attached hydrogen (secondary N) is 6. The number of benzene rings is 6. The average Bonchev–Trinajstić information content (AvgIpc) is 1.25. The van der Waals surface area contributed by atoms with E-state index in [-0.39, 0.29) is 108 Å². The molecule has 1 aliphatic carbocycles. The molecule has 0 bridgehead atoms. The van der Waals surface area contributed by atoms with Crippen molar-refractivity contribution >= 4 is 240 Å². The van der Waals surface area contributed by atoms with Gasteiger partial charge in [0.15, 0.2) is 0 Å². The van der Waals surface area contributed by atoms with Crippen molar-refractivity contribution in [1.82, 2.24) is 36.9 Å². The summed E-state index contributed by atoms with van der Waals surface area (Å²) in [5, 5.41) is 25.4. The number of aromatic nitrogens is 1. The van der Waals surface area contributed by atoms with Crippen LogP contribution in [0.2, 0.25) is 26.6 Å². The van der Waals surface area contributed by atoms with Gasteiger partial charge in [0.2, 0.25) is 0 Å². The van der Waals surface area contributed by atoms with E-state index in [4.69, 9.17) is 50.5 Å². The van der Waals surface area contributed by atoms with Gasteiger partial charge in [0.1, 0.15) is 0 Å². The van der Waals surface area contributed by atoms with E-state index in [9.17, 15) is 67.1 Å². The molecule has 2 fully saturated rings. The second-order valence-electron chi connectivity index (χ2n) is 37.8. The fraction of sp³-hybridized carbons (Fsp3) is 0.433. The molecule has 6 N–H and O–H groups in total. The van der Waals surface area contributed by atoms with Crippen LogP contribution in [0.25, 0.3) is 66.4 Å². The summed E-state index contributed by atoms with van der Waals surface area (Å²) in [6.07, 6.45) is 4.38. The fourth-order valence-electron chi connectivity index (χ4n) is 12.7. The molecule has 4 amide bonds. The van der Waals surface area contributed by atoms with Crippen LogP contribution in [0.1, 0.15) is 143 Å². The van der Waals surface area contributed by atoms with Gasteiger partial charge in [-0.1, -0.05) is 6.58 Å². The van der Waals surface area contributed by atoms with Crippen LogP contribution in [0.15, 0.2) is 216 Å². The summed E-state index contributed by atoms with van der Waals surface area (Å²) in [6, 6.07) is 42.6. The van der Waals surface area contributed by atoms with Crippen LogP contribution >= 0.6 is 62.7 Å². The van der Waals surface area contributed by atoms with Crippen LogP contribution in [-0.2, 0) is 43.1 Å². The standard InChI is InChI=1S/C27H35N3O5S2Se.C21H22N2O5SSe.C21H27NO6SSe.C18H21NO5SSe.C17H20O4SSe/c1-17-29-20-15-36-22(25(20)30-17)6-4-5-7-23(31)28-12-13-37-38-16-27(2,3)26(33)34-19-10-8-18-9-11-24(32)35-21(18)14-19;1-13(24)22-8-9-29-30-12-21(2,3)20(26)27-15-5-7-17-19(11-15)28-18-10-14(25)4-6-16(18)23-17;1-20(2,3)28-19(25)22-10-11-29-30-13-21(4,5)18(24)26-15-8-6-14-7-9-17(23)27-16(14)12-15;1-12(20)19-8-9-25-26-11-18(2,3)17(22)23-14-6-4-13-5-7-16(21)24-15(13)10-14;1-4-9-22-23-11-17(2,3)16(19)20-13-7-5-12-6-8-15(18)21-14(12)10-13/h8-11,14,20,22,25,29-30H,1,4-7,12-13,15-16H2,2-3H3,(H,28,31);4-7,10-11H,8-9,12H2,1-3H3,(H,22,24);6-9,12H,10-11,13H2,1-5H3,(H,22,25);4-7,10H,8-9,11H2,1-3H3,(H,19,20);5-8,10H,4,9,11H2,1-3H3/t20-,22-,25-;;;;/m0..../s1. The van der Waals surface area contributed by atoms with Crippen molar-refractivity contribution in [2.75, 3.05) is 60.7 Å². The van der Waals surface area contributed by atoms with Gasteiger partial charge in [-0.3, -0.25) is 0 Å². The van der Waals surface area contributed by atoms with Crippen molar-refractivity contribution in [2.45, 2.75) is 192 Å². The summed E-state index contributed by atoms with van der Waals surface area (Å²) < 4.78 is 59.1. The van der Waals surface area contributed by atoms with Gasteiger partial charge in [-0.05, 0) is 0 Å². The minimum atomic E-state index is -0.655. The number of alkyl carbamates (subject to hydrolysis) is 1. The molecular weight excluding hydrogens is 2330 g/mol. The van der Waals surface area contributed by atoms with E-state index >= 15 is 0 Å². The summed E-state index contributed by atoms with van der Waals surface area (Å²) in [5.74, 6) is 7.11. The molecule has 792 valence electrons. The molecule has 0 radical (unpaired) electrons. The van der Waals surface area contributed by atoms with Crippen molar-refractivity contribution in [3.63, 3.8) is 0 Å². The number of rotatable bonds is 44. The van der Waals surface area contributed by atoms with E-state index in [2.05, 4.69) is 50.4 Å². The molecule has 43 heteroatoms. The number of fused-ring (bicyclic) bond motifs is 7. The second kappa shape index (κ2) is 58.9. The van der Waals surface area contributed by atoms with Gasteiger partial charge in [0, 0.05) is 0 Å². The molecule has 3 aliphatic heterocycles. The summed E-state index contributed by atoms with van der Waals surface area (Å²) >= 11 is 3.10. The molecule has 0 unspecified atom stereocenters. The number of hydrogen-bond acceptors (Lipinski definition) is 34. The molecule has 2 saturated heterocycles. The van der Waals surface area contributed by atoms with Crippen LogP contribution in [0, 0.1) is 27.1 Å². The molecule has 0 saturated carbocycles. The van der Waals surface area contributed by atoms with Gasteiger partial charge in [-0.15, -0.1) is 0 Å². The normalized spacial score (nSPS) is 13.9. The van der Waals surface area contributed by atoms with E-state index in [0.717, 1.165) is 92.9 Å². The first-order valence-corrected chi connectivity index (χ1v) is 69.2. The van der Waals surface area contributed by atoms with E-state index in [1.807, 2.05) is 112 Å². The quantitative estimate of drug-likeness (QED) is 0.00516. The molecule has 0 spiro atoms. The number of carbonyl (C=O) groups is 9. The van der Waals surface area contributed by atoms with Gasteiger partial charge in [-0.2, -0.15) is 0 Å². The van der Waals surface area contributed by atoms with Gasteiger partial charge in [0.25, 0.3) is 0 Å². The van der Waals surface area contributed by atoms with Gasteiger partial charge < -0.3 is 5.32 Å². The maximum atomic E-state index is 12.7. The Hall–Kier alpha value is -9.37. The summed E-state index contributed by atoms with van der Waals surface area (Å²) in [5.41, 5.74) is -2.29. The number of ether oxygens (including phenoxy) is 6. The molecule has 9 aromatic rings. The number of unbranched alkanes of at least 4 members (excludes halogenated alkanes) is 1. The maximum absolute atomic E-state index is 12.7.